The highest BCUT2D eigenvalue weighted by Gasteiger charge is 2.14. The molecule has 1 N–H and O–H groups in total. The van der Waals surface area contributed by atoms with E-state index in [1.807, 2.05) is 0 Å². The van der Waals surface area contributed by atoms with Crippen molar-refractivity contribution in [3.63, 3.8) is 0 Å². The summed E-state index contributed by atoms with van der Waals surface area (Å²) in [5, 5.41) is 8.45. The number of hydrogen-bond acceptors (Lipinski definition) is 1. The van der Waals surface area contributed by atoms with E-state index in [0.29, 0.717) is 6.61 Å². The van der Waals surface area contributed by atoms with Crippen molar-refractivity contribution >= 4 is 7.26 Å². The highest BCUT2D eigenvalue weighted by molar-refractivity contribution is 7.73. The third-order valence-electron chi connectivity index (χ3n) is 0.987. The Morgan fingerprint density at radius 1 is 1.22 bits per heavy atom. The molecule has 0 fully saturated rings. The molecule has 0 bridgehead atoms. The Morgan fingerprint density at radius 3 is 1.78 bits per heavy atom. The summed E-state index contributed by atoms with van der Waals surface area (Å²) in [6, 6.07) is 0. The Hall–Kier alpha value is 0.870. The van der Waals surface area contributed by atoms with Crippen molar-refractivity contribution in [3.05, 3.63) is 0 Å². The van der Waals surface area contributed by atoms with Crippen LogP contribution in [-0.4, -0.2) is 37.9 Å². The van der Waals surface area contributed by atoms with Gasteiger partial charge in [-0.1, -0.05) is 0 Å². The summed E-state index contributed by atoms with van der Waals surface area (Å²) < 4.78 is 0. The molecular weight excluding hydrogens is 199 g/mol. The van der Waals surface area contributed by atoms with E-state index in [0.717, 1.165) is 6.42 Å². The minimum atomic E-state index is -0.592. The second-order valence-corrected chi connectivity index (χ2v) is 8.12. The van der Waals surface area contributed by atoms with Gasteiger partial charge in [0.05, 0.1) is 6.16 Å². The Morgan fingerprint density at radius 2 is 1.67 bits per heavy atom. The van der Waals surface area contributed by atoms with Gasteiger partial charge in [-0.15, -0.1) is 0 Å². The quantitative estimate of drug-likeness (QED) is 0.555. The normalized spacial score (nSPS) is 10.7. The van der Waals surface area contributed by atoms with Crippen LogP contribution >= 0.6 is 7.26 Å². The number of rotatable bonds is 3. The molecule has 0 saturated heterocycles. The lowest BCUT2D eigenvalue weighted by Crippen LogP contribution is -3.00. The van der Waals surface area contributed by atoms with Gasteiger partial charge >= 0.3 is 0 Å². The van der Waals surface area contributed by atoms with Crippen LogP contribution in [0.1, 0.15) is 6.42 Å². The average Bonchev–Trinajstić information content (AvgIpc) is 1.59. The number of halogens is 1. The SMILES string of the molecule is C[P+](C)(C)CCCO.[Br-]. The van der Waals surface area contributed by atoms with Crippen LogP contribution in [0.5, 0.6) is 0 Å². The number of hydrogen-bond donors (Lipinski definition) is 1. The summed E-state index contributed by atoms with van der Waals surface area (Å²) in [6.07, 6.45) is 2.21. The molecule has 0 aromatic rings. The molecule has 0 saturated carbocycles. The van der Waals surface area contributed by atoms with Crippen molar-refractivity contribution in [1.29, 1.82) is 0 Å². The molecule has 0 atom stereocenters. The van der Waals surface area contributed by atoms with Gasteiger partial charge in [-0.25, -0.2) is 0 Å². The first-order valence-corrected chi connectivity index (χ1v) is 6.29. The standard InChI is InChI=1S/C6H16OP.BrH/c1-8(2,3)6-4-5-7;/h7H,4-6H2,1-3H3;1H/q+1;/p-1. The Bertz CT molecular complexity index is 60.6. The Balaban J connectivity index is 0. The van der Waals surface area contributed by atoms with Gasteiger partial charge in [-0.3, -0.25) is 0 Å². The molecule has 0 aliphatic carbocycles. The topological polar surface area (TPSA) is 20.2 Å². The predicted octanol–water partition coefficient (Wildman–Crippen LogP) is -1.72. The summed E-state index contributed by atoms with van der Waals surface area (Å²) in [4.78, 5) is 0. The summed E-state index contributed by atoms with van der Waals surface area (Å²) >= 11 is 0. The zero-order valence-electron chi connectivity index (χ0n) is 6.39. The zero-order chi connectivity index (χ0) is 6.62. The van der Waals surface area contributed by atoms with Gasteiger partial charge in [-0.2, -0.15) is 0 Å². The van der Waals surface area contributed by atoms with E-state index in [9.17, 15) is 0 Å². The van der Waals surface area contributed by atoms with E-state index >= 15 is 0 Å². The van der Waals surface area contributed by atoms with Crippen LogP contribution in [-0.2, 0) is 0 Å². The van der Waals surface area contributed by atoms with Gasteiger partial charge in [0.15, 0.2) is 0 Å². The molecule has 0 aromatic carbocycles. The fraction of sp³-hybridized carbons (Fsp3) is 1.00. The zero-order valence-corrected chi connectivity index (χ0v) is 8.87. The molecule has 9 heavy (non-hydrogen) atoms. The van der Waals surface area contributed by atoms with Gasteiger partial charge in [-0.05, 0) is 0 Å². The van der Waals surface area contributed by atoms with Crippen LogP contribution in [0, 0.1) is 0 Å². The molecule has 0 radical (unpaired) electrons. The van der Waals surface area contributed by atoms with Gasteiger partial charge in [0.2, 0.25) is 0 Å². The lowest BCUT2D eigenvalue weighted by Gasteiger charge is -2.09. The van der Waals surface area contributed by atoms with Crippen molar-refractivity contribution in [2.24, 2.45) is 0 Å². The molecule has 0 unspecified atom stereocenters. The monoisotopic (exact) mass is 214 g/mol. The van der Waals surface area contributed by atoms with Crippen LogP contribution in [0.3, 0.4) is 0 Å². The fourth-order valence-electron chi connectivity index (χ4n) is 0.545. The molecule has 0 spiro atoms. The second-order valence-electron chi connectivity index (χ2n) is 3.09. The van der Waals surface area contributed by atoms with Crippen LogP contribution in [0.2, 0.25) is 0 Å². The molecule has 1 nitrogen and oxygen atoms in total. The lowest BCUT2D eigenvalue weighted by atomic mass is 10.5. The first-order valence-electron chi connectivity index (χ1n) is 2.97. The van der Waals surface area contributed by atoms with E-state index in [4.69, 9.17) is 5.11 Å². The van der Waals surface area contributed by atoms with E-state index in [2.05, 4.69) is 20.0 Å². The van der Waals surface area contributed by atoms with Crippen LogP contribution in [0.25, 0.3) is 0 Å². The molecule has 0 aromatic heterocycles. The summed E-state index contributed by atoms with van der Waals surface area (Å²) in [6.45, 7) is 7.24. The average molecular weight is 215 g/mol. The molecule has 3 heteroatoms. The largest absolute Gasteiger partial charge is 1.00 e. The van der Waals surface area contributed by atoms with Gasteiger partial charge < -0.3 is 22.1 Å². The molecular formula is C6H16BrOP. The molecule has 0 heterocycles. The van der Waals surface area contributed by atoms with E-state index in [1.54, 1.807) is 0 Å². The minimum Gasteiger partial charge on any atom is -1.00 e. The van der Waals surface area contributed by atoms with Crippen molar-refractivity contribution in [2.75, 3.05) is 32.8 Å². The molecule has 58 valence electrons. The van der Waals surface area contributed by atoms with Crippen molar-refractivity contribution in [2.45, 2.75) is 6.42 Å². The fourth-order valence-corrected chi connectivity index (χ4v) is 1.64. The number of aliphatic hydroxyl groups is 1. The lowest BCUT2D eigenvalue weighted by molar-refractivity contribution is -0.00000311. The summed E-state index contributed by atoms with van der Waals surface area (Å²) in [5.41, 5.74) is 0. The van der Waals surface area contributed by atoms with Gasteiger partial charge in [0, 0.05) is 40.3 Å². The van der Waals surface area contributed by atoms with Gasteiger partial charge in [0.1, 0.15) is 0 Å². The van der Waals surface area contributed by atoms with E-state index < -0.39 is 7.26 Å². The maximum Gasteiger partial charge on any atom is 0.0608 e. The first kappa shape index (κ1) is 12.5. The summed E-state index contributed by atoms with van der Waals surface area (Å²) in [7, 11) is -0.592. The minimum absolute atomic E-state index is 0. The van der Waals surface area contributed by atoms with Crippen LogP contribution < -0.4 is 17.0 Å². The molecule has 0 aliphatic heterocycles. The Kier molecular flexibility index (Phi) is 7.86. The van der Waals surface area contributed by atoms with Crippen molar-refractivity contribution in [3.8, 4) is 0 Å². The van der Waals surface area contributed by atoms with Crippen molar-refractivity contribution < 1.29 is 22.1 Å². The second kappa shape index (κ2) is 5.64. The highest BCUT2D eigenvalue weighted by atomic mass is 79.9. The van der Waals surface area contributed by atoms with Crippen molar-refractivity contribution in [1.82, 2.24) is 0 Å². The molecule has 0 amide bonds. The summed E-state index contributed by atoms with van der Waals surface area (Å²) in [5.74, 6) is 0. The maximum atomic E-state index is 8.45. The van der Waals surface area contributed by atoms with E-state index in [-0.39, 0.29) is 17.0 Å². The predicted molar refractivity (Wildman–Crippen MR) is 41.3 cm³/mol. The van der Waals surface area contributed by atoms with E-state index in [1.165, 1.54) is 6.16 Å². The maximum absolute atomic E-state index is 8.45. The third kappa shape index (κ3) is 12.1. The smallest absolute Gasteiger partial charge is 0.0608 e. The third-order valence-corrected chi connectivity index (χ3v) is 2.64. The molecule has 0 aliphatic rings. The Labute approximate surface area is 69.0 Å². The molecule has 0 rings (SSSR count). The number of aliphatic hydroxyl groups excluding tert-OH is 1. The highest BCUT2D eigenvalue weighted by Crippen LogP contribution is 2.46. The van der Waals surface area contributed by atoms with Gasteiger partial charge in [0.25, 0.3) is 0 Å². The first-order chi connectivity index (χ1) is 3.56. The van der Waals surface area contributed by atoms with Crippen LogP contribution in [0.15, 0.2) is 0 Å². The van der Waals surface area contributed by atoms with Crippen LogP contribution in [0.4, 0.5) is 0 Å².